The van der Waals surface area contributed by atoms with Gasteiger partial charge in [0.2, 0.25) is 5.95 Å². The second-order valence-corrected chi connectivity index (χ2v) is 6.29. The van der Waals surface area contributed by atoms with E-state index in [1.165, 1.54) is 0 Å². The molecule has 0 unspecified atom stereocenters. The third-order valence-corrected chi connectivity index (χ3v) is 4.14. The summed E-state index contributed by atoms with van der Waals surface area (Å²) in [6.07, 6.45) is 0. The summed E-state index contributed by atoms with van der Waals surface area (Å²) < 4.78 is 11.4. The molecule has 0 saturated heterocycles. The number of benzene rings is 2. The highest BCUT2D eigenvalue weighted by molar-refractivity contribution is 6.01. The summed E-state index contributed by atoms with van der Waals surface area (Å²) in [5.74, 6) is 1.33. The molecule has 0 aliphatic heterocycles. The summed E-state index contributed by atoms with van der Waals surface area (Å²) in [4.78, 5) is 21.0. The van der Waals surface area contributed by atoms with Gasteiger partial charge < -0.3 is 20.5 Å². The van der Waals surface area contributed by atoms with Crippen molar-refractivity contribution in [2.75, 3.05) is 25.5 Å². The molecule has 2 aromatic carbocycles. The van der Waals surface area contributed by atoms with Crippen molar-refractivity contribution in [1.29, 1.82) is 0 Å². The zero-order valence-corrected chi connectivity index (χ0v) is 16.5. The van der Waals surface area contributed by atoms with Crippen molar-refractivity contribution in [1.82, 2.24) is 15.3 Å². The number of amides is 1. The van der Waals surface area contributed by atoms with Crippen LogP contribution >= 0.6 is 0 Å². The molecule has 0 fully saturated rings. The van der Waals surface area contributed by atoms with E-state index in [1.54, 1.807) is 6.92 Å². The first-order valence-electron chi connectivity index (χ1n) is 9.42. The van der Waals surface area contributed by atoms with E-state index in [-0.39, 0.29) is 11.9 Å². The van der Waals surface area contributed by atoms with E-state index < -0.39 is 0 Å². The van der Waals surface area contributed by atoms with Gasteiger partial charge in [0.05, 0.1) is 17.0 Å². The van der Waals surface area contributed by atoms with Crippen molar-refractivity contribution in [2.45, 2.75) is 13.8 Å². The fourth-order valence-corrected chi connectivity index (χ4v) is 2.89. The molecule has 0 spiro atoms. The molecule has 3 rings (SSSR count). The van der Waals surface area contributed by atoms with Crippen molar-refractivity contribution in [2.24, 2.45) is 0 Å². The number of carbonyl (C=O) groups excluding carboxylic acids is 1. The highest BCUT2D eigenvalue weighted by Crippen LogP contribution is 2.27. The average Bonchev–Trinajstić information content (AvgIpc) is 2.72. The molecule has 3 aromatic rings. The van der Waals surface area contributed by atoms with Crippen LogP contribution in [0.5, 0.6) is 11.5 Å². The highest BCUT2D eigenvalue weighted by atomic mass is 16.5. The van der Waals surface area contributed by atoms with Gasteiger partial charge >= 0.3 is 0 Å². The van der Waals surface area contributed by atoms with Crippen LogP contribution in [0.15, 0.2) is 54.6 Å². The quantitative estimate of drug-likeness (QED) is 0.571. The van der Waals surface area contributed by atoms with E-state index in [0.29, 0.717) is 42.5 Å². The third-order valence-electron chi connectivity index (χ3n) is 4.14. The zero-order chi connectivity index (χ0) is 20.6. The van der Waals surface area contributed by atoms with Crippen molar-refractivity contribution < 1.29 is 14.3 Å². The molecule has 29 heavy (non-hydrogen) atoms. The van der Waals surface area contributed by atoms with E-state index in [9.17, 15) is 4.79 Å². The van der Waals surface area contributed by atoms with E-state index in [2.05, 4.69) is 15.3 Å². The van der Waals surface area contributed by atoms with Gasteiger partial charge in [0.15, 0.2) is 0 Å². The first-order valence-corrected chi connectivity index (χ1v) is 9.42. The molecule has 0 aliphatic rings. The monoisotopic (exact) mass is 392 g/mol. The maximum Gasteiger partial charge on any atom is 0.255 e. The lowest BCUT2D eigenvalue weighted by atomic mass is 10.0. The minimum Gasteiger partial charge on any atom is -0.490 e. The largest absolute Gasteiger partial charge is 0.490 e. The summed E-state index contributed by atoms with van der Waals surface area (Å²) in [6, 6.07) is 16.9. The third kappa shape index (κ3) is 5.22. The normalized spacial score (nSPS) is 10.4. The molecule has 1 aromatic heterocycles. The Morgan fingerprint density at radius 3 is 2.41 bits per heavy atom. The van der Waals surface area contributed by atoms with Crippen LogP contribution in [0.4, 0.5) is 5.95 Å². The van der Waals surface area contributed by atoms with Crippen LogP contribution in [0.3, 0.4) is 0 Å². The predicted octanol–water partition coefficient (Wildman–Crippen LogP) is 3.24. The van der Waals surface area contributed by atoms with Crippen molar-refractivity contribution in [3.05, 3.63) is 65.9 Å². The fourth-order valence-electron chi connectivity index (χ4n) is 2.89. The molecule has 150 valence electrons. The van der Waals surface area contributed by atoms with Gasteiger partial charge in [-0.05, 0) is 38.1 Å². The van der Waals surface area contributed by atoms with Gasteiger partial charge in [-0.15, -0.1) is 0 Å². The van der Waals surface area contributed by atoms with Crippen LogP contribution in [-0.2, 0) is 0 Å². The molecule has 1 amide bonds. The van der Waals surface area contributed by atoms with E-state index >= 15 is 0 Å². The van der Waals surface area contributed by atoms with Gasteiger partial charge in [-0.1, -0.05) is 30.3 Å². The summed E-state index contributed by atoms with van der Waals surface area (Å²) in [6.45, 7) is 4.90. The summed E-state index contributed by atoms with van der Waals surface area (Å²) in [7, 11) is 0. The summed E-state index contributed by atoms with van der Waals surface area (Å²) in [5.41, 5.74) is 7.97. The predicted molar refractivity (Wildman–Crippen MR) is 112 cm³/mol. The Bertz CT molecular complexity index is 977. The Balaban J connectivity index is 1.76. The summed E-state index contributed by atoms with van der Waals surface area (Å²) in [5, 5.41) is 2.80. The molecular formula is C22H24N4O3. The topological polar surface area (TPSA) is 99.4 Å². The van der Waals surface area contributed by atoms with Gasteiger partial charge in [0.25, 0.3) is 5.91 Å². The van der Waals surface area contributed by atoms with E-state index in [1.807, 2.05) is 61.5 Å². The maximum absolute atomic E-state index is 12.5. The Morgan fingerprint density at radius 2 is 1.69 bits per heavy atom. The smallest absolute Gasteiger partial charge is 0.255 e. The standard InChI is InChI=1S/C22H24N4O3/c1-3-24-21(27)19-15(2)25-22(23)26-20(19)16-8-7-11-18(14-16)29-13-12-28-17-9-5-4-6-10-17/h4-11,14H,3,12-13H2,1-2H3,(H,24,27)(H2,23,25,26). The van der Waals surface area contributed by atoms with Gasteiger partial charge in [-0.3, -0.25) is 4.79 Å². The Kier molecular flexibility index (Phi) is 6.63. The lowest BCUT2D eigenvalue weighted by Crippen LogP contribution is -2.25. The van der Waals surface area contributed by atoms with Crippen LogP contribution < -0.4 is 20.5 Å². The first kappa shape index (κ1) is 20.1. The Morgan fingerprint density at radius 1 is 1.00 bits per heavy atom. The number of aryl methyl sites for hydroxylation is 1. The fraction of sp³-hybridized carbons (Fsp3) is 0.227. The SMILES string of the molecule is CCNC(=O)c1c(C)nc(N)nc1-c1cccc(OCCOc2ccccc2)c1. The van der Waals surface area contributed by atoms with Gasteiger partial charge in [-0.25, -0.2) is 9.97 Å². The number of rotatable bonds is 8. The molecule has 7 heteroatoms. The van der Waals surface area contributed by atoms with Crippen LogP contribution in [0.1, 0.15) is 23.0 Å². The first-order chi connectivity index (χ1) is 14.1. The number of aromatic nitrogens is 2. The van der Waals surface area contributed by atoms with Crippen molar-refractivity contribution in [3.8, 4) is 22.8 Å². The number of ether oxygens (including phenoxy) is 2. The van der Waals surface area contributed by atoms with Gasteiger partial charge in [0, 0.05) is 12.1 Å². The molecule has 3 N–H and O–H groups in total. The van der Waals surface area contributed by atoms with Crippen LogP contribution in [-0.4, -0.2) is 35.6 Å². The second kappa shape index (κ2) is 9.54. The molecule has 0 saturated carbocycles. The average molecular weight is 392 g/mol. The number of hydrogen-bond acceptors (Lipinski definition) is 6. The number of anilines is 1. The molecule has 0 radical (unpaired) electrons. The van der Waals surface area contributed by atoms with E-state index in [4.69, 9.17) is 15.2 Å². The highest BCUT2D eigenvalue weighted by Gasteiger charge is 2.19. The van der Waals surface area contributed by atoms with Gasteiger partial charge in [0.1, 0.15) is 24.7 Å². The number of carbonyl (C=O) groups is 1. The number of nitrogen functional groups attached to an aromatic ring is 1. The second-order valence-electron chi connectivity index (χ2n) is 6.29. The zero-order valence-electron chi connectivity index (χ0n) is 16.5. The van der Waals surface area contributed by atoms with Crippen molar-refractivity contribution >= 4 is 11.9 Å². The summed E-state index contributed by atoms with van der Waals surface area (Å²) >= 11 is 0. The number of nitrogens with one attached hydrogen (secondary N) is 1. The molecular weight excluding hydrogens is 368 g/mol. The number of para-hydroxylation sites is 1. The molecule has 0 bridgehead atoms. The van der Waals surface area contributed by atoms with Crippen LogP contribution in [0.2, 0.25) is 0 Å². The minimum atomic E-state index is -0.234. The lowest BCUT2D eigenvalue weighted by Gasteiger charge is -2.13. The Hall–Kier alpha value is -3.61. The molecule has 7 nitrogen and oxygen atoms in total. The lowest BCUT2D eigenvalue weighted by molar-refractivity contribution is 0.0955. The van der Waals surface area contributed by atoms with E-state index in [0.717, 1.165) is 11.3 Å². The minimum absolute atomic E-state index is 0.119. The number of nitrogens with zero attached hydrogens (tertiary/aromatic N) is 2. The number of hydrogen-bond donors (Lipinski definition) is 2. The Labute approximate surface area is 169 Å². The van der Waals surface area contributed by atoms with Crippen molar-refractivity contribution in [3.63, 3.8) is 0 Å². The maximum atomic E-state index is 12.5. The molecule has 1 heterocycles. The van der Waals surface area contributed by atoms with Crippen LogP contribution in [0.25, 0.3) is 11.3 Å². The molecule has 0 atom stereocenters. The van der Waals surface area contributed by atoms with Crippen LogP contribution in [0, 0.1) is 6.92 Å². The van der Waals surface area contributed by atoms with Gasteiger partial charge in [-0.2, -0.15) is 0 Å². The number of nitrogens with two attached hydrogens (primary N) is 1. The molecule has 0 aliphatic carbocycles.